The fourth-order valence-electron chi connectivity index (χ4n) is 2.67. The summed E-state index contributed by atoms with van der Waals surface area (Å²) in [5.74, 6) is -0.924. The summed E-state index contributed by atoms with van der Waals surface area (Å²) in [6.07, 6.45) is 2.24. The summed E-state index contributed by atoms with van der Waals surface area (Å²) in [6, 6.07) is 7.77. The third-order valence-corrected chi connectivity index (χ3v) is 4.00. The predicted molar refractivity (Wildman–Crippen MR) is 82.7 cm³/mol. The maximum Gasteiger partial charge on any atom is 0.305 e. The van der Waals surface area contributed by atoms with E-state index in [1.165, 1.54) is 0 Å². The molecular weight excluding hydrogens is 282 g/mol. The van der Waals surface area contributed by atoms with Crippen LogP contribution in [0, 0.1) is 6.92 Å². The molecule has 1 fully saturated rings. The molecule has 2 rings (SSSR count). The summed E-state index contributed by atoms with van der Waals surface area (Å²) >= 11 is 0. The van der Waals surface area contributed by atoms with Crippen LogP contribution in [0.5, 0.6) is 0 Å². The number of ether oxygens (including phenoxy) is 1. The molecule has 1 atom stereocenters. The van der Waals surface area contributed by atoms with Gasteiger partial charge in [-0.3, -0.25) is 9.59 Å². The van der Waals surface area contributed by atoms with E-state index < -0.39 is 5.97 Å². The lowest BCUT2D eigenvalue weighted by Crippen LogP contribution is -2.39. The van der Waals surface area contributed by atoms with Gasteiger partial charge in [-0.1, -0.05) is 24.3 Å². The van der Waals surface area contributed by atoms with Crippen LogP contribution in [-0.4, -0.2) is 47.7 Å². The van der Waals surface area contributed by atoms with Crippen molar-refractivity contribution in [1.29, 1.82) is 0 Å². The minimum Gasteiger partial charge on any atom is -0.481 e. The van der Waals surface area contributed by atoms with Gasteiger partial charge >= 0.3 is 5.97 Å². The monoisotopic (exact) mass is 305 g/mol. The van der Waals surface area contributed by atoms with Gasteiger partial charge in [-0.2, -0.15) is 0 Å². The molecule has 120 valence electrons. The molecule has 1 aliphatic heterocycles. The SMILES string of the molecule is Cc1ccccc1CC(=O)N(CCC(=O)O)CC1CCCO1. The molecule has 1 N–H and O–H groups in total. The van der Waals surface area contributed by atoms with Gasteiger partial charge in [0.25, 0.3) is 0 Å². The van der Waals surface area contributed by atoms with Gasteiger partial charge < -0.3 is 14.7 Å². The molecule has 5 heteroatoms. The zero-order valence-electron chi connectivity index (χ0n) is 13.0. The van der Waals surface area contributed by atoms with Crippen molar-refractivity contribution in [2.24, 2.45) is 0 Å². The molecule has 1 aromatic rings. The van der Waals surface area contributed by atoms with E-state index in [1.54, 1.807) is 4.90 Å². The van der Waals surface area contributed by atoms with Crippen molar-refractivity contribution in [3.63, 3.8) is 0 Å². The second-order valence-electron chi connectivity index (χ2n) is 5.72. The van der Waals surface area contributed by atoms with E-state index in [0.29, 0.717) is 13.0 Å². The summed E-state index contributed by atoms with van der Waals surface area (Å²) < 4.78 is 5.57. The van der Waals surface area contributed by atoms with E-state index in [-0.39, 0.29) is 25.0 Å². The second-order valence-corrected chi connectivity index (χ2v) is 5.72. The summed E-state index contributed by atoms with van der Waals surface area (Å²) in [4.78, 5) is 25.0. The Labute approximate surface area is 130 Å². The highest BCUT2D eigenvalue weighted by Crippen LogP contribution is 2.15. The van der Waals surface area contributed by atoms with Crippen LogP contribution in [0.1, 0.15) is 30.4 Å². The van der Waals surface area contributed by atoms with Crippen LogP contribution in [-0.2, 0) is 20.7 Å². The largest absolute Gasteiger partial charge is 0.481 e. The van der Waals surface area contributed by atoms with Crippen LogP contribution in [0.15, 0.2) is 24.3 Å². The zero-order valence-corrected chi connectivity index (χ0v) is 13.0. The first-order chi connectivity index (χ1) is 10.6. The molecule has 1 amide bonds. The van der Waals surface area contributed by atoms with Crippen molar-refractivity contribution in [3.05, 3.63) is 35.4 Å². The van der Waals surface area contributed by atoms with Gasteiger partial charge in [0.1, 0.15) is 0 Å². The number of carbonyl (C=O) groups is 2. The average Bonchev–Trinajstić information content (AvgIpc) is 2.98. The maximum absolute atomic E-state index is 12.5. The third kappa shape index (κ3) is 4.84. The topological polar surface area (TPSA) is 66.8 Å². The van der Waals surface area contributed by atoms with Gasteiger partial charge in [-0.25, -0.2) is 0 Å². The molecule has 5 nitrogen and oxygen atoms in total. The molecule has 0 saturated carbocycles. The van der Waals surface area contributed by atoms with Crippen molar-refractivity contribution in [3.8, 4) is 0 Å². The van der Waals surface area contributed by atoms with Gasteiger partial charge in [-0.15, -0.1) is 0 Å². The molecule has 0 radical (unpaired) electrons. The van der Waals surface area contributed by atoms with Crippen LogP contribution in [0.4, 0.5) is 0 Å². The Bertz CT molecular complexity index is 523. The lowest BCUT2D eigenvalue weighted by atomic mass is 10.0. The number of aliphatic carboxylic acids is 1. The van der Waals surface area contributed by atoms with Crippen molar-refractivity contribution in [2.45, 2.75) is 38.7 Å². The highest BCUT2D eigenvalue weighted by Gasteiger charge is 2.23. The van der Waals surface area contributed by atoms with Crippen LogP contribution in [0.3, 0.4) is 0 Å². The minimum atomic E-state index is -0.888. The number of carboxylic acid groups (broad SMARTS) is 1. The Morgan fingerprint density at radius 2 is 2.14 bits per heavy atom. The Kier molecular flexibility index (Phi) is 5.95. The minimum absolute atomic E-state index is 0.0355. The zero-order chi connectivity index (χ0) is 15.9. The number of rotatable bonds is 7. The molecule has 0 aliphatic carbocycles. The standard InChI is InChI=1S/C17H23NO4/c1-13-5-2-3-6-14(13)11-16(19)18(9-8-17(20)21)12-15-7-4-10-22-15/h2-3,5-6,15H,4,7-12H2,1H3,(H,20,21). The lowest BCUT2D eigenvalue weighted by Gasteiger charge is -2.25. The average molecular weight is 305 g/mol. The van der Waals surface area contributed by atoms with Gasteiger partial charge in [0.2, 0.25) is 5.91 Å². The summed E-state index contributed by atoms with van der Waals surface area (Å²) in [6.45, 7) is 3.42. The highest BCUT2D eigenvalue weighted by atomic mass is 16.5. The van der Waals surface area contributed by atoms with Crippen molar-refractivity contribution in [2.75, 3.05) is 19.7 Å². The first kappa shape index (κ1) is 16.5. The molecule has 0 spiro atoms. The number of amides is 1. The first-order valence-corrected chi connectivity index (χ1v) is 7.72. The fourth-order valence-corrected chi connectivity index (χ4v) is 2.67. The van der Waals surface area contributed by atoms with Gasteiger partial charge in [0.15, 0.2) is 0 Å². The van der Waals surface area contributed by atoms with E-state index in [4.69, 9.17) is 9.84 Å². The van der Waals surface area contributed by atoms with E-state index in [0.717, 1.165) is 30.6 Å². The Morgan fingerprint density at radius 3 is 2.77 bits per heavy atom. The Balaban J connectivity index is 2.00. The molecule has 1 aromatic carbocycles. The van der Waals surface area contributed by atoms with E-state index in [1.807, 2.05) is 31.2 Å². The van der Waals surface area contributed by atoms with Gasteiger partial charge in [-0.05, 0) is 30.9 Å². The van der Waals surface area contributed by atoms with Crippen molar-refractivity contribution < 1.29 is 19.4 Å². The van der Waals surface area contributed by atoms with E-state index >= 15 is 0 Å². The number of benzene rings is 1. The number of hydrogen-bond acceptors (Lipinski definition) is 3. The molecule has 22 heavy (non-hydrogen) atoms. The van der Waals surface area contributed by atoms with E-state index in [2.05, 4.69) is 0 Å². The number of nitrogens with zero attached hydrogens (tertiary/aromatic N) is 1. The predicted octanol–water partition coefficient (Wildman–Crippen LogP) is 2.02. The number of carboxylic acids is 1. The van der Waals surface area contributed by atoms with Crippen LogP contribution in [0.2, 0.25) is 0 Å². The smallest absolute Gasteiger partial charge is 0.305 e. The fraction of sp³-hybridized carbons (Fsp3) is 0.529. The summed E-state index contributed by atoms with van der Waals surface area (Å²) in [5, 5.41) is 8.87. The summed E-state index contributed by atoms with van der Waals surface area (Å²) in [7, 11) is 0. The maximum atomic E-state index is 12.5. The number of carbonyl (C=O) groups excluding carboxylic acids is 1. The van der Waals surface area contributed by atoms with Crippen LogP contribution < -0.4 is 0 Å². The Hall–Kier alpha value is -1.88. The molecule has 0 aromatic heterocycles. The number of aryl methyl sites for hydroxylation is 1. The first-order valence-electron chi connectivity index (χ1n) is 7.72. The molecule has 1 aliphatic rings. The van der Waals surface area contributed by atoms with Crippen LogP contribution in [0.25, 0.3) is 0 Å². The normalized spacial score (nSPS) is 17.4. The number of hydrogen-bond donors (Lipinski definition) is 1. The van der Waals surface area contributed by atoms with Crippen LogP contribution >= 0.6 is 0 Å². The molecular formula is C17H23NO4. The molecule has 0 bridgehead atoms. The van der Waals surface area contributed by atoms with Gasteiger partial charge in [0.05, 0.1) is 18.9 Å². The molecule has 1 saturated heterocycles. The summed E-state index contributed by atoms with van der Waals surface area (Å²) in [5.41, 5.74) is 2.06. The third-order valence-electron chi connectivity index (χ3n) is 4.00. The highest BCUT2D eigenvalue weighted by molar-refractivity contribution is 5.79. The van der Waals surface area contributed by atoms with Gasteiger partial charge in [0, 0.05) is 19.7 Å². The quantitative estimate of drug-likeness (QED) is 0.837. The van der Waals surface area contributed by atoms with Crippen molar-refractivity contribution in [1.82, 2.24) is 4.90 Å². The molecule has 1 heterocycles. The van der Waals surface area contributed by atoms with Crippen molar-refractivity contribution >= 4 is 11.9 Å². The Morgan fingerprint density at radius 1 is 1.36 bits per heavy atom. The van der Waals surface area contributed by atoms with E-state index in [9.17, 15) is 9.59 Å². The second kappa shape index (κ2) is 7.94. The molecule has 1 unspecified atom stereocenters. The lowest BCUT2D eigenvalue weighted by molar-refractivity contribution is -0.139.